The molecule has 0 saturated carbocycles. The summed E-state index contributed by atoms with van der Waals surface area (Å²) < 4.78 is 26.2. The van der Waals surface area contributed by atoms with E-state index in [1.165, 1.54) is 34.8 Å². The van der Waals surface area contributed by atoms with Crippen molar-refractivity contribution in [2.75, 3.05) is 18.5 Å². The first-order valence-electron chi connectivity index (χ1n) is 8.41. The van der Waals surface area contributed by atoms with E-state index in [0.29, 0.717) is 30.2 Å². The summed E-state index contributed by atoms with van der Waals surface area (Å²) in [6.07, 6.45) is 1.26. The quantitative estimate of drug-likeness (QED) is 0.392. The van der Waals surface area contributed by atoms with Crippen molar-refractivity contribution in [2.45, 2.75) is 25.7 Å². The van der Waals surface area contributed by atoms with Gasteiger partial charge in [0, 0.05) is 30.9 Å². The van der Waals surface area contributed by atoms with Crippen molar-refractivity contribution in [3.05, 3.63) is 57.2 Å². The van der Waals surface area contributed by atoms with E-state index in [-0.39, 0.29) is 15.6 Å². The number of benzene rings is 1. The highest BCUT2D eigenvalue weighted by molar-refractivity contribution is 7.89. The van der Waals surface area contributed by atoms with Gasteiger partial charge in [-0.15, -0.1) is 0 Å². The number of hydrogen-bond acceptors (Lipinski definition) is 7. The Balaban J connectivity index is 2.19. The minimum Gasteiger partial charge on any atom is -0.261 e. The first-order valence-corrected chi connectivity index (χ1v) is 10.2. The Morgan fingerprint density at radius 2 is 1.96 bits per heavy atom. The van der Waals surface area contributed by atoms with Crippen molar-refractivity contribution in [3.63, 3.8) is 0 Å². The fraction of sp³-hybridized carbons (Fsp3) is 0.294. The van der Waals surface area contributed by atoms with E-state index in [1.807, 2.05) is 0 Å². The van der Waals surface area contributed by atoms with Crippen LogP contribution in [0.2, 0.25) is 5.02 Å². The van der Waals surface area contributed by atoms with Gasteiger partial charge >= 0.3 is 0 Å². The molecule has 1 heterocycles. The van der Waals surface area contributed by atoms with Crippen LogP contribution in [-0.2, 0) is 10.0 Å². The monoisotopic (exact) mass is 425 g/mol. The van der Waals surface area contributed by atoms with Crippen LogP contribution < -0.4 is 5.43 Å². The molecule has 150 valence electrons. The van der Waals surface area contributed by atoms with E-state index in [9.17, 15) is 18.5 Å². The molecule has 0 spiro atoms. The molecule has 0 fully saturated rings. The molecule has 1 N–H and O–H groups in total. The molecule has 28 heavy (non-hydrogen) atoms. The topological polar surface area (TPSA) is 118 Å². The third-order valence-corrected chi connectivity index (χ3v) is 6.33. The van der Waals surface area contributed by atoms with Crippen LogP contribution in [0.25, 0.3) is 0 Å². The number of nitrogens with one attached hydrogen (secondary N) is 1. The second-order valence-corrected chi connectivity index (χ2v) is 8.05. The van der Waals surface area contributed by atoms with Gasteiger partial charge in [-0.3, -0.25) is 15.5 Å². The number of sulfonamides is 1. The van der Waals surface area contributed by atoms with Gasteiger partial charge in [0.15, 0.2) is 0 Å². The van der Waals surface area contributed by atoms with Gasteiger partial charge in [0.25, 0.3) is 5.69 Å². The lowest BCUT2D eigenvalue weighted by atomic mass is 10.1. The molecule has 1 aromatic carbocycles. The van der Waals surface area contributed by atoms with Crippen LogP contribution in [-0.4, -0.2) is 41.4 Å². The molecule has 0 aliphatic carbocycles. The fourth-order valence-corrected chi connectivity index (χ4v) is 3.99. The Kier molecular flexibility index (Phi) is 7.05. The number of nitrogens with zero attached hydrogens (tertiary/aromatic N) is 4. The van der Waals surface area contributed by atoms with E-state index in [1.54, 1.807) is 26.8 Å². The van der Waals surface area contributed by atoms with Crippen molar-refractivity contribution >= 4 is 38.8 Å². The lowest BCUT2D eigenvalue weighted by molar-refractivity contribution is -0.384. The predicted octanol–water partition coefficient (Wildman–Crippen LogP) is 3.51. The van der Waals surface area contributed by atoms with Crippen LogP contribution in [0.15, 0.2) is 46.5 Å². The smallest absolute Gasteiger partial charge is 0.261 e. The van der Waals surface area contributed by atoms with Gasteiger partial charge in [0.05, 0.1) is 10.6 Å². The van der Waals surface area contributed by atoms with Crippen LogP contribution in [0.1, 0.15) is 26.3 Å². The Bertz CT molecular complexity index is 989. The Morgan fingerprint density at radius 1 is 1.29 bits per heavy atom. The lowest BCUT2D eigenvalue weighted by Crippen LogP contribution is -2.30. The van der Waals surface area contributed by atoms with Gasteiger partial charge in [-0.1, -0.05) is 31.5 Å². The maximum atomic E-state index is 12.4. The van der Waals surface area contributed by atoms with Crippen molar-refractivity contribution < 1.29 is 13.3 Å². The van der Waals surface area contributed by atoms with E-state index in [4.69, 9.17) is 11.6 Å². The second-order valence-electron chi connectivity index (χ2n) is 5.70. The summed E-state index contributed by atoms with van der Waals surface area (Å²) in [4.78, 5) is 14.6. The zero-order valence-electron chi connectivity index (χ0n) is 15.6. The Morgan fingerprint density at radius 3 is 2.50 bits per heavy atom. The summed E-state index contributed by atoms with van der Waals surface area (Å²) in [6, 6.07) is 7.32. The Labute approximate surface area is 168 Å². The molecule has 1 aromatic heterocycles. The number of rotatable bonds is 8. The van der Waals surface area contributed by atoms with Crippen LogP contribution in [0.4, 0.5) is 11.5 Å². The van der Waals surface area contributed by atoms with Crippen molar-refractivity contribution in [1.82, 2.24) is 9.29 Å². The Hall–Kier alpha value is -2.56. The molecular formula is C17H20ClN5O4S. The average molecular weight is 426 g/mol. The molecule has 0 saturated heterocycles. The predicted molar refractivity (Wildman–Crippen MR) is 108 cm³/mol. The molecule has 0 atom stereocenters. The van der Waals surface area contributed by atoms with E-state index < -0.39 is 14.9 Å². The zero-order valence-corrected chi connectivity index (χ0v) is 17.2. The molecule has 0 unspecified atom stereocenters. The minimum atomic E-state index is -3.58. The number of nitro benzene ring substituents is 1. The highest BCUT2D eigenvalue weighted by atomic mass is 35.5. The minimum absolute atomic E-state index is 0.0428. The number of pyridine rings is 1. The molecule has 0 bridgehead atoms. The van der Waals surface area contributed by atoms with Crippen LogP contribution in [0, 0.1) is 10.1 Å². The summed E-state index contributed by atoms with van der Waals surface area (Å²) in [5, 5.41) is 15.2. The normalized spacial score (nSPS) is 12.2. The summed E-state index contributed by atoms with van der Waals surface area (Å²) in [6.45, 7) is 5.94. The SMILES string of the molecule is CCN(CC)S(=O)(=O)c1ccc(NN=C(C)c2ccc(Cl)c([N+](=O)[O-])c2)nc1. The average Bonchev–Trinajstić information content (AvgIpc) is 2.67. The number of aromatic nitrogens is 1. The third-order valence-electron chi connectivity index (χ3n) is 3.98. The van der Waals surface area contributed by atoms with Crippen molar-refractivity contribution in [1.29, 1.82) is 0 Å². The molecule has 0 aliphatic heterocycles. The standard InChI is InChI=1S/C17H20ClN5O4S/c1-4-22(5-2)28(26,27)14-7-9-17(19-11-14)21-20-12(3)13-6-8-15(18)16(10-13)23(24)25/h6-11H,4-5H2,1-3H3,(H,19,21). The van der Waals surface area contributed by atoms with Gasteiger partial charge in [-0.25, -0.2) is 13.4 Å². The second kappa shape index (κ2) is 9.09. The molecule has 9 nitrogen and oxygen atoms in total. The summed E-state index contributed by atoms with van der Waals surface area (Å²) in [5.41, 5.74) is 3.49. The van der Waals surface area contributed by atoms with Crippen LogP contribution >= 0.6 is 11.6 Å². The van der Waals surface area contributed by atoms with Crippen LogP contribution in [0.3, 0.4) is 0 Å². The molecule has 0 amide bonds. The number of anilines is 1. The zero-order chi connectivity index (χ0) is 20.9. The van der Waals surface area contributed by atoms with Crippen LogP contribution in [0.5, 0.6) is 0 Å². The fourth-order valence-electron chi connectivity index (χ4n) is 2.39. The van der Waals surface area contributed by atoms with Gasteiger partial charge in [-0.2, -0.15) is 9.41 Å². The highest BCUT2D eigenvalue weighted by Gasteiger charge is 2.21. The van der Waals surface area contributed by atoms with Gasteiger partial charge < -0.3 is 0 Å². The van der Waals surface area contributed by atoms with Gasteiger partial charge in [-0.05, 0) is 25.1 Å². The molecule has 0 aliphatic rings. The number of hydrazone groups is 1. The number of hydrogen-bond donors (Lipinski definition) is 1. The van der Waals surface area contributed by atoms with E-state index in [2.05, 4.69) is 15.5 Å². The lowest BCUT2D eigenvalue weighted by Gasteiger charge is -2.18. The summed E-state index contributed by atoms with van der Waals surface area (Å²) >= 11 is 5.80. The van der Waals surface area contributed by atoms with Gasteiger partial charge in [0.1, 0.15) is 15.7 Å². The largest absolute Gasteiger partial charge is 0.288 e. The van der Waals surface area contributed by atoms with Crippen molar-refractivity contribution in [3.8, 4) is 0 Å². The highest BCUT2D eigenvalue weighted by Crippen LogP contribution is 2.25. The number of nitro groups is 1. The third kappa shape index (κ3) is 4.83. The summed E-state index contributed by atoms with van der Waals surface area (Å²) in [7, 11) is -3.58. The molecule has 11 heteroatoms. The first kappa shape index (κ1) is 21.7. The van der Waals surface area contributed by atoms with Gasteiger partial charge in [0.2, 0.25) is 10.0 Å². The van der Waals surface area contributed by atoms with Crippen molar-refractivity contribution in [2.24, 2.45) is 5.10 Å². The number of halogens is 1. The summed E-state index contributed by atoms with van der Waals surface area (Å²) in [5.74, 6) is 0.335. The molecule has 2 rings (SSSR count). The maximum absolute atomic E-state index is 12.4. The first-order chi connectivity index (χ1) is 13.2. The van der Waals surface area contributed by atoms with E-state index in [0.717, 1.165) is 0 Å². The molecular weight excluding hydrogens is 406 g/mol. The maximum Gasteiger partial charge on any atom is 0.288 e. The van der Waals surface area contributed by atoms with E-state index >= 15 is 0 Å². The molecule has 2 aromatic rings. The molecule has 0 radical (unpaired) electrons.